The van der Waals surface area contributed by atoms with Crippen molar-refractivity contribution in [1.82, 2.24) is 9.71 Å². The fraction of sp³-hybridized carbons (Fsp3) is 0.238. The van der Waals surface area contributed by atoms with Crippen molar-refractivity contribution in [3.8, 4) is 17.0 Å². The molecule has 1 heterocycles. The van der Waals surface area contributed by atoms with Crippen molar-refractivity contribution in [1.29, 1.82) is 0 Å². The Hall–Kier alpha value is -2.89. The van der Waals surface area contributed by atoms with Crippen molar-refractivity contribution in [2.24, 2.45) is 0 Å². The molecule has 0 radical (unpaired) electrons. The molecule has 1 aliphatic rings. The zero-order valence-corrected chi connectivity index (χ0v) is 18.5. The molecule has 7 nitrogen and oxygen atoms in total. The Morgan fingerprint density at radius 1 is 1.19 bits per heavy atom. The lowest BCUT2D eigenvalue weighted by Crippen LogP contribution is -2.26. The van der Waals surface area contributed by atoms with Crippen LogP contribution in [-0.4, -0.2) is 32.0 Å². The largest absolute Gasteiger partial charge is 0.435 e. The van der Waals surface area contributed by atoms with Crippen LogP contribution in [-0.2, 0) is 10.0 Å². The summed E-state index contributed by atoms with van der Waals surface area (Å²) in [5.41, 5.74) is 1.46. The summed E-state index contributed by atoms with van der Waals surface area (Å²) in [5.74, 6) is -0.453. The Kier molecular flexibility index (Phi) is 6.22. The number of alkyl halides is 2. The Morgan fingerprint density at radius 2 is 1.91 bits per heavy atom. The van der Waals surface area contributed by atoms with Gasteiger partial charge in [0.15, 0.2) is 5.13 Å². The standard InChI is InChI=1S/C21H19F2N3O4S2/c1-12-18(13-5-9-16(10-6-13)30-20(22)23)24-21(31-12)25-19(27)14-3-2-4-17(11-14)32(28,29)26-15-7-8-15/h2-6,9-11,15,20,26H,7-8H2,1H3,(H,24,25,27). The highest BCUT2D eigenvalue weighted by molar-refractivity contribution is 7.89. The Morgan fingerprint density at radius 3 is 2.56 bits per heavy atom. The van der Waals surface area contributed by atoms with E-state index in [-0.39, 0.29) is 22.3 Å². The molecule has 0 bridgehead atoms. The Labute approximate surface area is 187 Å². The minimum atomic E-state index is -3.68. The first-order valence-electron chi connectivity index (χ1n) is 9.68. The van der Waals surface area contributed by atoms with E-state index in [1.54, 1.807) is 12.1 Å². The molecule has 11 heteroatoms. The number of carbonyl (C=O) groups excluding carboxylic acids is 1. The molecule has 1 aliphatic carbocycles. The number of benzene rings is 2. The van der Waals surface area contributed by atoms with Crippen LogP contribution in [0.3, 0.4) is 0 Å². The third kappa shape index (κ3) is 5.29. The van der Waals surface area contributed by atoms with Crippen LogP contribution in [0.25, 0.3) is 11.3 Å². The van der Waals surface area contributed by atoms with Gasteiger partial charge in [-0.1, -0.05) is 6.07 Å². The molecule has 0 saturated heterocycles. The number of rotatable bonds is 8. The SMILES string of the molecule is Cc1sc(NC(=O)c2cccc(S(=O)(=O)NC3CC3)c2)nc1-c1ccc(OC(F)F)cc1. The van der Waals surface area contributed by atoms with Crippen LogP contribution < -0.4 is 14.8 Å². The van der Waals surface area contributed by atoms with Gasteiger partial charge in [-0.2, -0.15) is 8.78 Å². The Balaban J connectivity index is 1.49. The fourth-order valence-electron chi connectivity index (χ4n) is 2.97. The number of aryl methyl sites for hydroxylation is 1. The third-order valence-corrected chi connectivity index (χ3v) is 7.08. The summed E-state index contributed by atoms with van der Waals surface area (Å²) in [6.07, 6.45) is 1.63. The molecule has 2 aromatic carbocycles. The first-order valence-corrected chi connectivity index (χ1v) is 12.0. The van der Waals surface area contributed by atoms with E-state index >= 15 is 0 Å². The molecule has 2 N–H and O–H groups in total. The maximum atomic E-state index is 12.7. The zero-order chi connectivity index (χ0) is 22.9. The van der Waals surface area contributed by atoms with Gasteiger partial charge in [0.05, 0.1) is 10.6 Å². The summed E-state index contributed by atoms with van der Waals surface area (Å²) < 4.78 is 56.4. The van der Waals surface area contributed by atoms with Gasteiger partial charge in [-0.15, -0.1) is 11.3 Å². The third-order valence-electron chi connectivity index (χ3n) is 4.68. The molecule has 1 fully saturated rings. The van der Waals surface area contributed by atoms with Gasteiger partial charge in [0.1, 0.15) is 5.75 Å². The van der Waals surface area contributed by atoms with E-state index in [2.05, 4.69) is 19.8 Å². The molecule has 1 amide bonds. The summed E-state index contributed by atoms with van der Waals surface area (Å²) in [5, 5.41) is 3.02. The van der Waals surface area contributed by atoms with E-state index < -0.39 is 22.5 Å². The molecule has 1 saturated carbocycles. The lowest BCUT2D eigenvalue weighted by atomic mass is 10.1. The van der Waals surface area contributed by atoms with Crippen LogP contribution in [0.1, 0.15) is 28.1 Å². The lowest BCUT2D eigenvalue weighted by Gasteiger charge is -2.07. The second-order valence-corrected chi connectivity index (χ2v) is 10.1. The number of hydrogen-bond donors (Lipinski definition) is 2. The predicted octanol–water partition coefficient (Wildman–Crippen LogP) is 4.41. The quantitative estimate of drug-likeness (QED) is 0.499. The van der Waals surface area contributed by atoms with Gasteiger partial charge in [0, 0.05) is 22.0 Å². The summed E-state index contributed by atoms with van der Waals surface area (Å²) in [7, 11) is -3.68. The van der Waals surface area contributed by atoms with Crippen molar-refractivity contribution in [3.05, 3.63) is 59.0 Å². The second kappa shape index (κ2) is 8.93. The van der Waals surface area contributed by atoms with Crippen LogP contribution in [0.4, 0.5) is 13.9 Å². The molecule has 1 aromatic heterocycles. The summed E-state index contributed by atoms with van der Waals surface area (Å²) >= 11 is 1.25. The number of amides is 1. The van der Waals surface area contributed by atoms with Crippen LogP contribution in [0.15, 0.2) is 53.4 Å². The smallest absolute Gasteiger partial charge is 0.387 e. The van der Waals surface area contributed by atoms with Crippen molar-refractivity contribution >= 4 is 32.4 Å². The first-order chi connectivity index (χ1) is 15.2. The molecule has 32 heavy (non-hydrogen) atoms. The van der Waals surface area contributed by atoms with Crippen LogP contribution in [0.5, 0.6) is 5.75 Å². The molecule has 168 valence electrons. The number of ether oxygens (including phenoxy) is 1. The fourth-order valence-corrected chi connectivity index (χ4v) is 5.16. The molecule has 0 spiro atoms. The van der Waals surface area contributed by atoms with Gasteiger partial charge in [-0.25, -0.2) is 18.1 Å². The monoisotopic (exact) mass is 479 g/mol. The second-order valence-electron chi connectivity index (χ2n) is 7.20. The number of aromatic nitrogens is 1. The number of halogens is 2. The molecule has 0 unspecified atom stereocenters. The van der Waals surface area contributed by atoms with E-state index in [0.29, 0.717) is 16.4 Å². The van der Waals surface area contributed by atoms with Gasteiger partial charge in [0.2, 0.25) is 10.0 Å². The number of sulfonamides is 1. The minimum Gasteiger partial charge on any atom is -0.435 e. The first kappa shape index (κ1) is 22.3. The molecule has 3 aromatic rings. The lowest BCUT2D eigenvalue weighted by molar-refractivity contribution is -0.0498. The van der Waals surface area contributed by atoms with Gasteiger partial charge >= 0.3 is 6.61 Å². The van der Waals surface area contributed by atoms with E-state index in [0.717, 1.165) is 17.7 Å². The van der Waals surface area contributed by atoms with Gasteiger partial charge in [0.25, 0.3) is 5.91 Å². The number of nitrogens with one attached hydrogen (secondary N) is 2. The Bertz CT molecular complexity index is 1240. The maximum Gasteiger partial charge on any atom is 0.387 e. The summed E-state index contributed by atoms with van der Waals surface area (Å²) in [6, 6.07) is 11.8. The summed E-state index contributed by atoms with van der Waals surface area (Å²) in [6.45, 7) is -1.08. The highest BCUT2D eigenvalue weighted by atomic mass is 32.2. The van der Waals surface area contributed by atoms with Gasteiger partial charge in [-0.3, -0.25) is 10.1 Å². The predicted molar refractivity (Wildman–Crippen MR) is 117 cm³/mol. The van der Waals surface area contributed by atoms with Crippen molar-refractivity contribution in [3.63, 3.8) is 0 Å². The van der Waals surface area contributed by atoms with Crippen molar-refractivity contribution < 1.29 is 26.7 Å². The van der Waals surface area contributed by atoms with Crippen LogP contribution in [0, 0.1) is 6.92 Å². The molecular weight excluding hydrogens is 460 g/mol. The molecule has 0 atom stereocenters. The highest BCUT2D eigenvalue weighted by Gasteiger charge is 2.28. The van der Waals surface area contributed by atoms with E-state index in [1.165, 1.54) is 47.7 Å². The number of hydrogen-bond acceptors (Lipinski definition) is 6. The molecular formula is C21H19F2N3O4S2. The maximum absolute atomic E-state index is 12.7. The number of anilines is 1. The van der Waals surface area contributed by atoms with Crippen LogP contribution >= 0.6 is 11.3 Å². The molecule has 4 rings (SSSR count). The minimum absolute atomic E-state index is 0.0270. The van der Waals surface area contributed by atoms with E-state index in [9.17, 15) is 22.0 Å². The average molecular weight is 480 g/mol. The summed E-state index contributed by atoms with van der Waals surface area (Å²) in [4.78, 5) is 17.9. The van der Waals surface area contributed by atoms with E-state index in [4.69, 9.17) is 0 Å². The average Bonchev–Trinajstić information content (AvgIpc) is 3.47. The number of thiazole rings is 1. The zero-order valence-electron chi connectivity index (χ0n) is 16.8. The van der Waals surface area contributed by atoms with Gasteiger partial charge < -0.3 is 4.74 Å². The van der Waals surface area contributed by atoms with Crippen molar-refractivity contribution in [2.45, 2.75) is 37.3 Å². The molecule has 0 aliphatic heterocycles. The van der Waals surface area contributed by atoms with Gasteiger partial charge in [-0.05, 0) is 62.2 Å². The topological polar surface area (TPSA) is 97.4 Å². The number of carbonyl (C=O) groups is 1. The normalized spacial score (nSPS) is 13.9. The van der Waals surface area contributed by atoms with Crippen LogP contribution in [0.2, 0.25) is 0 Å². The number of nitrogens with zero attached hydrogens (tertiary/aromatic N) is 1. The van der Waals surface area contributed by atoms with Crippen molar-refractivity contribution in [2.75, 3.05) is 5.32 Å². The van der Waals surface area contributed by atoms with E-state index in [1.807, 2.05) is 6.92 Å². The highest BCUT2D eigenvalue weighted by Crippen LogP contribution is 2.32.